The van der Waals surface area contributed by atoms with Crippen LogP contribution in [0.15, 0.2) is 68.4 Å². The van der Waals surface area contributed by atoms with Crippen molar-refractivity contribution in [3.05, 3.63) is 92.2 Å². The number of imide groups is 1. The van der Waals surface area contributed by atoms with Crippen molar-refractivity contribution in [3.8, 4) is 5.75 Å². The summed E-state index contributed by atoms with van der Waals surface area (Å²) in [6.07, 6.45) is 1.64. The molecule has 1 fully saturated rings. The largest absolute Gasteiger partial charge is 0.488 e. The van der Waals surface area contributed by atoms with Crippen LogP contribution in [0.25, 0.3) is 6.08 Å². The number of hydrogen-bond acceptors (Lipinski definition) is 7. The van der Waals surface area contributed by atoms with Crippen LogP contribution in [0.2, 0.25) is 0 Å². The van der Waals surface area contributed by atoms with Gasteiger partial charge in [0.15, 0.2) is 0 Å². The fraction of sp³-hybridized carbons (Fsp3) is 0.160. The average molecular weight is 542 g/mol. The van der Waals surface area contributed by atoms with E-state index in [0.717, 1.165) is 32.3 Å². The molecule has 1 aliphatic heterocycles. The van der Waals surface area contributed by atoms with Crippen LogP contribution in [-0.4, -0.2) is 29.1 Å². The Balaban J connectivity index is 1.52. The Bertz CT molecular complexity index is 1300. The van der Waals surface area contributed by atoms with E-state index in [-0.39, 0.29) is 17.2 Å². The summed E-state index contributed by atoms with van der Waals surface area (Å²) in [7, 11) is 1.24. The smallest absolute Gasteiger partial charge is 0.373 e. The van der Waals surface area contributed by atoms with Gasteiger partial charge in [-0.25, -0.2) is 4.79 Å². The van der Waals surface area contributed by atoms with Gasteiger partial charge in [0.1, 0.15) is 18.1 Å². The molecule has 0 saturated carbocycles. The minimum Gasteiger partial charge on any atom is -0.488 e. The lowest BCUT2D eigenvalue weighted by atomic mass is 10.1. The van der Waals surface area contributed by atoms with Crippen molar-refractivity contribution in [2.24, 2.45) is 0 Å². The van der Waals surface area contributed by atoms with Crippen LogP contribution in [0.4, 0.5) is 4.79 Å². The number of esters is 1. The van der Waals surface area contributed by atoms with E-state index in [1.807, 2.05) is 49.4 Å². The van der Waals surface area contributed by atoms with E-state index in [1.165, 1.54) is 19.2 Å². The summed E-state index contributed by atoms with van der Waals surface area (Å²) in [5.74, 6) is -0.188. The lowest BCUT2D eigenvalue weighted by molar-refractivity contribution is -0.123. The molecule has 0 N–H and O–H groups in total. The topological polar surface area (TPSA) is 86.0 Å². The van der Waals surface area contributed by atoms with Crippen molar-refractivity contribution < 1.29 is 28.3 Å². The maximum atomic E-state index is 13.0. The number of aryl methyl sites for hydroxylation is 1. The molecule has 174 valence electrons. The van der Waals surface area contributed by atoms with Gasteiger partial charge in [-0.05, 0) is 60.7 Å². The molecule has 0 spiro atoms. The summed E-state index contributed by atoms with van der Waals surface area (Å²) in [6.45, 7) is 2.30. The van der Waals surface area contributed by atoms with Gasteiger partial charge in [0, 0.05) is 10.0 Å². The molecule has 1 aromatic heterocycles. The fourth-order valence-corrected chi connectivity index (χ4v) is 4.54. The zero-order valence-corrected chi connectivity index (χ0v) is 20.8. The first kappa shape index (κ1) is 23.8. The lowest BCUT2D eigenvalue weighted by Gasteiger charge is -2.11. The number of halogens is 1. The number of benzene rings is 2. The van der Waals surface area contributed by atoms with Crippen LogP contribution in [0.5, 0.6) is 5.75 Å². The molecule has 0 unspecified atom stereocenters. The first-order valence-corrected chi connectivity index (χ1v) is 11.9. The molecular weight excluding hydrogens is 522 g/mol. The Morgan fingerprint density at radius 1 is 1.15 bits per heavy atom. The van der Waals surface area contributed by atoms with Gasteiger partial charge in [0.05, 0.1) is 18.6 Å². The second-order valence-corrected chi connectivity index (χ2v) is 9.39. The second-order valence-electron chi connectivity index (χ2n) is 7.49. The summed E-state index contributed by atoms with van der Waals surface area (Å²) in [4.78, 5) is 38.4. The van der Waals surface area contributed by atoms with Gasteiger partial charge >= 0.3 is 5.97 Å². The van der Waals surface area contributed by atoms with Gasteiger partial charge in [-0.1, -0.05) is 45.8 Å². The van der Waals surface area contributed by atoms with Crippen LogP contribution >= 0.6 is 27.7 Å². The van der Waals surface area contributed by atoms with Gasteiger partial charge in [-0.3, -0.25) is 14.5 Å². The molecule has 2 heterocycles. The van der Waals surface area contributed by atoms with E-state index in [0.29, 0.717) is 23.7 Å². The van der Waals surface area contributed by atoms with Crippen molar-refractivity contribution in [2.45, 2.75) is 20.1 Å². The summed E-state index contributed by atoms with van der Waals surface area (Å²) in [5.41, 5.74) is 2.83. The first-order chi connectivity index (χ1) is 16.3. The summed E-state index contributed by atoms with van der Waals surface area (Å²) < 4.78 is 16.8. The van der Waals surface area contributed by atoms with Crippen molar-refractivity contribution in [2.75, 3.05) is 7.11 Å². The van der Waals surface area contributed by atoms with E-state index in [9.17, 15) is 14.4 Å². The highest BCUT2D eigenvalue weighted by molar-refractivity contribution is 9.10. The Morgan fingerprint density at radius 2 is 1.97 bits per heavy atom. The highest BCUT2D eigenvalue weighted by Crippen LogP contribution is 2.36. The Labute approximate surface area is 208 Å². The third-order valence-electron chi connectivity index (χ3n) is 4.97. The number of furan rings is 1. The number of hydrogen-bond donors (Lipinski definition) is 0. The molecule has 0 aliphatic carbocycles. The quantitative estimate of drug-likeness (QED) is 0.269. The Morgan fingerprint density at radius 3 is 2.74 bits per heavy atom. The van der Waals surface area contributed by atoms with Crippen molar-refractivity contribution in [3.63, 3.8) is 0 Å². The molecule has 0 radical (unpaired) electrons. The molecule has 2 aromatic carbocycles. The molecule has 0 atom stereocenters. The van der Waals surface area contributed by atoms with Crippen LogP contribution in [0, 0.1) is 6.92 Å². The van der Waals surface area contributed by atoms with Crippen LogP contribution in [0.1, 0.15) is 33.0 Å². The fourth-order valence-electron chi connectivity index (χ4n) is 3.33. The number of carbonyl (C=O) groups excluding carboxylic acids is 3. The molecule has 9 heteroatoms. The Hall–Kier alpha value is -3.30. The third kappa shape index (κ3) is 5.43. The SMILES string of the molecule is COC(=O)c1ccc(CN2C(=O)S/C(=C/c3cc(Br)ccc3OCc3cccc(C)c3)C2=O)o1. The summed E-state index contributed by atoms with van der Waals surface area (Å²) in [6, 6.07) is 16.5. The van der Waals surface area contributed by atoms with E-state index in [4.69, 9.17) is 9.15 Å². The van der Waals surface area contributed by atoms with Crippen LogP contribution in [-0.2, 0) is 22.7 Å². The number of ether oxygens (including phenoxy) is 2. The van der Waals surface area contributed by atoms with Crippen LogP contribution < -0.4 is 4.74 Å². The minimum absolute atomic E-state index is 0.00421. The number of methoxy groups -OCH3 is 1. The maximum Gasteiger partial charge on any atom is 0.373 e. The molecule has 0 bridgehead atoms. The average Bonchev–Trinajstić information content (AvgIpc) is 3.38. The maximum absolute atomic E-state index is 13.0. The van der Waals surface area contributed by atoms with E-state index < -0.39 is 17.1 Å². The summed E-state index contributed by atoms with van der Waals surface area (Å²) in [5, 5.41) is -0.426. The molecule has 34 heavy (non-hydrogen) atoms. The number of thioether (sulfide) groups is 1. The predicted octanol–water partition coefficient (Wildman–Crippen LogP) is 5.95. The van der Waals surface area contributed by atoms with Gasteiger partial charge in [-0.2, -0.15) is 0 Å². The number of rotatable bonds is 7. The van der Waals surface area contributed by atoms with Gasteiger partial charge in [-0.15, -0.1) is 0 Å². The monoisotopic (exact) mass is 541 g/mol. The highest BCUT2D eigenvalue weighted by atomic mass is 79.9. The van der Waals surface area contributed by atoms with Gasteiger partial charge in [0.2, 0.25) is 5.76 Å². The second kappa shape index (κ2) is 10.3. The highest BCUT2D eigenvalue weighted by Gasteiger charge is 2.36. The lowest BCUT2D eigenvalue weighted by Crippen LogP contribution is -2.27. The van der Waals surface area contributed by atoms with E-state index in [2.05, 4.69) is 20.7 Å². The third-order valence-corrected chi connectivity index (χ3v) is 6.37. The van der Waals surface area contributed by atoms with Gasteiger partial charge in [0.25, 0.3) is 11.1 Å². The predicted molar refractivity (Wildman–Crippen MR) is 131 cm³/mol. The van der Waals surface area contributed by atoms with Crippen LogP contribution in [0.3, 0.4) is 0 Å². The number of amides is 2. The molecule has 3 aromatic rings. The van der Waals surface area contributed by atoms with Gasteiger partial charge < -0.3 is 13.9 Å². The van der Waals surface area contributed by atoms with Crippen molar-refractivity contribution >= 4 is 50.9 Å². The van der Waals surface area contributed by atoms with Crippen molar-refractivity contribution in [1.82, 2.24) is 4.90 Å². The molecule has 1 saturated heterocycles. The molecule has 1 aliphatic rings. The summed E-state index contributed by atoms with van der Waals surface area (Å²) >= 11 is 4.29. The number of nitrogens with zero attached hydrogens (tertiary/aromatic N) is 1. The van der Waals surface area contributed by atoms with E-state index in [1.54, 1.807) is 6.08 Å². The number of carbonyl (C=O) groups is 3. The standard InChI is InChI=1S/C25H20BrNO6S/c1-15-4-3-5-16(10-15)14-32-20-8-6-18(26)11-17(20)12-22-23(28)27(25(30)34-22)13-19-7-9-21(33-19)24(29)31-2/h3-12H,13-14H2,1-2H3/b22-12+. The van der Waals surface area contributed by atoms with E-state index >= 15 is 0 Å². The molecule has 7 nitrogen and oxygen atoms in total. The minimum atomic E-state index is -0.631. The molecule has 4 rings (SSSR count). The molecule has 2 amide bonds. The zero-order valence-electron chi connectivity index (χ0n) is 18.4. The molecular formula is C25H20BrNO6S. The zero-order chi connectivity index (χ0) is 24.2. The first-order valence-electron chi connectivity index (χ1n) is 10.2. The normalized spacial score (nSPS) is 14.7. The Kier molecular flexibility index (Phi) is 7.23. The van der Waals surface area contributed by atoms with Crippen molar-refractivity contribution in [1.29, 1.82) is 0 Å².